The second-order valence-electron chi connectivity index (χ2n) is 4.04. The Bertz CT molecular complexity index is 632. The molecule has 2 rings (SSSR count). The first-order chi connectivity index (χ1) is 8.61. The normalized spacial score (nSPS) is 10.1. The van der Waals surface area contributed by atoms with Gasteiger partial charge in [-0.15, -0.1) is 0 Å². The molecular formula is C14H12ClN2S+. The van der Waals surface area contributed by atoms with E-state index < -0.39 is 0 Å². The van der Waals surface area contributed by atoms with E-state index in [1.165, 1.54) is 0 Å². The first-order valence-corrected chi connectivity index (χ1v) is 6.70. The van der Waals surface area contributed by atoms with Crippen LogP contribution in [0.5, 0.6) is 0 Å². The van der Waals surface area contributed by atoms with Gasteiger partial charge in [-0.2, -0.15) is 0 Å². The Morgan fingerprint density at radius 2 is 1.78 bits per heavy atom. The van der Waals surface area contributed by atoms with Crippen molar-refractivity contribution in [3.63, 3.8) is 0 Å². The number of rotatable bonds is 2. The largest absolute Gasteiger partial charge is 0.388 e. The van der Waals surface area contributed by atoms with Crippen molar-refractivity contribution in [3.05, 3.63) is 57.5 Å². The third-order valence-corrected chi connectivity index (χ3v) is 4.34. The van der Waals surface area contributed by atoms with E-state index >= 15 is 0 Å². The van der Waals surface area contributed by atoms with Crippen molar-refractivity contribution >= 4 is 29.1 Å². The van der Waals surface area contributed by atoms with Crippen molar-refractivity contribution in [3.8, 4) is 0 Å². The zero-order chi connectivity index (χ0) is 13.1. The van der Waals surface area contributed by atoms with Crippen molar-refractivity contribution < 1.29 is 0 Å². The third-order valence-electron chi connectivity index (χ3n) is 2.66. The molecule has 0 heterocycles. The molecule has 0 aliphatic carbocycles. The molecule has 0 aliphatic heterocycles. The van der Waals surface area contributed by atoms with Gasteiger partial charge in [-0.1, -0.05) is 35.5 Å². The average molecular weight is 276 g/mol. The van der Waals surface area contributed by atoms with Crippen molar-refractivity contribution in [2.45, 2.75) is 23.6 Å². The molecule has 2 aromatic rings. The van der Waals surface area contributed by atoms with Crippen LogP contribution in [0.2, 0.25) is 5.02 Å². The number of hydrogen-bond acceptors (Lipinski definition) is 2. The zero-order valence-corrected chi connectivity index (χ0v) is 11.7. The highest BCUT2D eigenvalue weighted by molar-refractivity contribution is 7.99. The summed E-state index contributed by atoms with van der Waals surface area (Å²) >= 11 is 7.76. The summed E-state index contributed by atoms with van der Waals surface area (Å²) in [6, 6.07) is 11.6. The lowest BCUT2D eigenvalue weighted by molar-refractivity contribution is 1.25. The minimum atomic E-state index is 0.607. The quantitative estimate of drug-likeness (QED) is 0.668. The van der Waals surface area contributed by atoms with Gasteiger partial charge in [-0.3, -0.25) is 0 Å². The number of hydrogen-bond donors (Lipinski definition) is 0. The van der Waals surface area contributed by atoms with Crippen LogP contribution < -0.4 is 0 Å². The van der Waals surface area contributed by atoms with Crippen LogP contribution in [0.1, 0.15) is 11.1 Å². The Balaban J connectivity index is 2.39. The summed E-state index contributed by atoms with van der Waals surface area (Å²) in [6.45, 7) is 3.92. The minimum absolute atomic E-state index is 0.607. The molecule has 0 saturated heterocycles. The number of benzene rings is 2. The summed E-state index contributed by atoms with van der Waals surface area (Å²) in [5.41, 5.74) is 2.62. The van der Waals surface area contributed by atoms with Gasteiger partial charge >= 0.3 is 5.69 Å². The van der Waals surface area contributed by atoms with Crippen LogP contribution in [-0.2, 0) is 0 Å². The van der Waals surface area contributed by atoms with E-state index in [-0.39, 0.29) is 0 Å². The monoisotopic (exact) mass is 275 g/mol. The van der Waals surface area contributed by atoms with Crippen LogP contribution in [0, 0.1) is 19.2 Å². The minimum Gasteiger partial charge on any atom is -0.0882 e. The molecule has 2 nitrogen and oxygen atoms in total. The number of aryl methyl sites for hydroxylation is 2. The Kier molecular flexibility index (Phi) is 3.90. The second-order valence-corrected chi connectivity index (χ2v) is 5.53. The highest BCUT2D eigenvalue weighted by atomic mass is 35.5. The molecule has 0 bridgehead atoms. The van der Waals surface area contributed by atoms with E-state index in [1.807, 2.05) is 50.2 Å². The summed E-state index contributed by atoms with van der Waals surface area (Å²) in [7, 11) is 0. The zero-order valence-electron chi connectivity index (χ0n) is 10.1. The van der Waals surface area contributed by atoms with Crippen LogP contribution in [0.25, 0.3) is 4.98 Å². The van der Waals surface area contributed by atoms with Crippen molar-refractivity contribution in [2.24, 2.45) is 0 Å². The van der Waals surface area contributed by atoms with Gasteiger partial charge in [0.2, 0.25) is 5.39 Å². The molecule has 0 radical (unpaired) electrons. The summed E-state index contributed by atoms with van der Waals surface area (Å²) in [5, 5.41) is 9.61. The van der Waals surface area contributed by atoms with Crippen LogP contribution in [0.4, 0.5) is 5.69 Å². The van der Waals surface area contributed by atoms with E-state index in [2.05, 4.69) is 4.98 Å². The molecule has 4 heteroatoms. The van der Waals surface area contributed by atoms with Gasteiger partial charge in [0, 0.05) is 21.4 Å². The van der Waals surface area contributed by atoms with Crippen molar-refractivity contribution in [2.75, 3.05) is 0 Å². The summed E-state index contributed by atoms with van der Waals surface area (Å²) in [4.78, 5) is 5.40. The van der Waals surface area contributed by atoms with Gasteiger partial charge in [0.15, 0.2) is 4.98 Å². The third kappa shape index (κ3) is 2.66. The smallest absolute Gasteiger partial charge is 0.0882 e. The maximum Gasteiger partial charge on any atom is 0.388 e. The average Bonchev–Trinajstić information content (AvgIpc) is 2.36. The molecular weight excluding hydrogens is 264 g/mol. The first-order valence-electron chi connectivity index (χ1n) is 5.50. The maximum atomic E-state index is 8.86. The van der Waals surface area contributed by atoms with Crippen LogP contribution in [0.3, 0.4) is 0 Å². The molecule has 0 aromatic heterocycles. The summed E-state index contributed by atoms with van der Waals surface area (Å²) < 4.78 is 0. The van der Waals surface area contributed by atoms with Gasteiger partial charge < -0.3 is 0 Å². The van der Waals surface area contributed by atoms with E-state index in [0.717, 1.165) is 25.9 Å². The predicted octanol–water partition coefficient (Wildman–Crippen LogP) is 5.59. The molecule has 0 fully saturated rings. The van der Waals surface area contributed by atoms with Gasteiger partial charge in [-0.25, -0.2) is 0 Å². The molecule has 0 unspecified atom stereocenters. The lowest BCUT2D eigenvalue weighted by Crippen LogP contribution is -1.83. The molecule has 0 N–H and O–H groups in total. The molecule has 0 saturated carbocycles. The molecule has 18 heavy (non-hydrogen) atoms. The van der Waals surface area contributed by atoms with Gasteiger partial charge in [0.05, 0.1) is 5.02 Å². The number of nitrogens with zero attached hydrogens (tertiary/aromatic N) is 2. The van der Waals surface area contributed by atoms with E-state index in [9.17, 15) is 0 Å². The number of halogens is 1. The lowest BCUT2D eigenvalue weighted by Gasteiger charge is -2.06. The highest BCUT2D eigenvalue weighted by Crippen LogP contribution is 2.37. The molecule has 90 valence electrons. The van der Waals surface area contributed by atoms with Crippen LogP contribution >= 0.6 is 23.4 Å². The number of diazo groups is 1. The first kappa shape index (κ1) is 12.9. The van der Waals surface area contributed by atoms with Gasteiger partial charge in [0.1, 0.15) is 0 Å². The molecule has 0 aliphatic rings. The molecule has 2 aromatic carbocycles. The highest BCUT2D eigenvalue weighted by Gasteiger charge is 2.14. The van der Waals surface area contributed by atoms with E-state index in [1.54, 1.807) is 11.8 Å². The molecule has 0 amide bonds. The summed E-state index contributed by atoms with van der Waals surface area (Å²) in [6.07, 6.45) is 0. The maximum absolute atomic E-state index is 8.86. The van der Waals surface area contributed by atoms with Crippen molar-refractivity contribution in [1.82, 2.24) is 0 Å². The fourth-order valence-electron chi connectivity index (χ4n) is 1.64. The Morgan fingerprint density at radius 3 is 2.44 bits per heavy atom. The Labute approximate surface area is 116 Å². The van der Waals surface area contributed by atoms with Crippen LogP contribution in [-0.4, -0.2) is 0 Å². The van der Waals surface area contributed by atoms with E-state index in [4.69, 9.17) is 17.0 Å². The topological polar surface area (TPSA) is 28.1 Å². The standard InChI is InChI=1S/C14H12ClN2S/c1-9-8-14(10(2)7-12(9)17-16)18-13-6-4-3-5-11(13)15/h3-8H,1-2H3/q+1. The Morgan fingerprint density at radius 1 is 1.06 bits per heavy atom. The fourth-order valence-corrected chi connectivity index (χ4v) is 2.89. The second kappa shape index (κ2) is 5.43. The van der Waals surface area contributed by atoms with Gasteiger partial charge in [0.25, 0.3) is 0 Å². The van der Waals surface area contributed by atoms with Gasteiger partial charge in [-0.05, 0) is 37.6 Å². The lowest BCUT2D eigenvalue weighted by atomic mass is 10.1. The van der Waals surface area contributed by atoms with E-state index in [0.29, 0.717) is 5.69 Å². The SMILES string of the molecule is Cc1cc(Sc2ccccc2Cl)c(C)cc1[N+]#N. The van der Waals surface area contributed by atoms with Crippen LogP contribution in [0.15, 0.2) is 46.2 Å². The summed E-state index contributed by atoms with van der Waals surface area (Å²) in [5.74, 6) is 0. The fraction of sp³-hybridized carbons (Fsp3) is 0.143. The van der Waals surface area contributed by atoms with Crippen molar-refractivity contribution in [1.29, 1.82) is 5.39 Å². The predicted molar refractivity (Wildman–Crippen MR) is 76.2 cm³/mol. The molecule has 0 atom stereocenters. The molecule has 0 spiro atoms. The Hall–Kier alpha value is -1.50.